The minimum absolute atomic E-state index is 0.254. The van der Waals surface area contributed by atoms with Crippen LogP contribution in [0.1, 0.15) is 15.9 Å². The predicted molar refractivity (Wildman–Crippen MR) is 101 cm³/mol. The fourth-order valence-electron chi connectivity index (χ4n) is 2.09. The van der Waals surface area contributed by atoms with Crippen LogP contribution in [0.2, 0.25) is 0 Å². The Kier molecular flexibility index (Phi) is 7.44. The van der Waals surface area contributed by atoms with Gasteiger partial charge in [0.1, 0.15) is 6.04 Å². The van der Waals surface area contributed by atoms with Crippen LogP contribution >= 0.6 is 6.72 Å². The molecule has 1 atom stereocenters. The molecule has 0 aliphatic heterocycles. The summed E-state index contributed by atoms with van der Waals surface area (Å²) in [6, 6.07) is 16.4. The van der Waals surface area contributed by atoms with Gasteiger partial charge in [-0.15, -0.1) is 0 Å². The molecule has 0 fully saturated rings. The Balaban J connectivity index is 2.03. The second-order valence-electron chi connectivity index (χ2n) is 5.38. The highest BCUT2D eigenvalue weighted by molar-refractivity contribution is 8.06. The van der Waals surface area contributed by atoms with E-state index in [1.165, 1.54) is 0 Å². The molecular formula is C17H19N2O5PS. The van der Waals surface area contributed by atoms with E-state index in [4.69, 9.17) is 4.52 Å². The molecule has 2 aromatic rings. The first kappa shape index (κ1) is 20.2. The van der Waals surface area contributed by atoms with Crippen LogP contribution in [0, 0.1) is 0 Å². The van der Waals surface area contributed by atoms with Crippen molar-refractivity contribution in [2.75, 3.05) is 6.61 Å². The lowest BCUT2D eigenvalue weighted by Gasteiger charge is -2.19. The van der Waals surface area contributed by atoms with Crippen LogP contribution in [0.3, 0.4) is 0 Å². The average Bonchev–Trinajstić information content (AvgIpc) is 2.63. The number of amides is 2. The van der Waals surface area contributed by atoms with Crippen LogP contribution < -0.4 is 10.6 Å². The molecule has 0 bridgehead atoms. The Morgan fingerprint density at radius 2 is 1.62 bits per heavy atom. The zero-order chi connectivity index (χ0) is 19.0. The van der Waals surface area contributed by atoms with Crippen LogP contribution in [0.4, 0.5) is 0 Å². The third-order valence-corrected chi connectivity index (χ3v) is 4.18. The Morgan fingerprint density at radius 1 is 1.04 bits per heavy atom. The molecule has 7 nitrogen and oxygen atoms in total. The summed E-state index contributed by atoms with van der Waals surface area (Å²) in [5.74, 6) is -1.01. The van der Waals surface area contributed by atoms with Crippen molar-refractivity contribution in [1.82, 2.24) is 10.6 Å². The molecule has 0 radical (unpaired) electrons. The van der Waals surface area contributed by atoms with E-state index in [2.05, 4.69) is 22.4 Å². The molecule has 0 heterocycles. The van der Waals surface area contributed by atoms with Crippen LogP contribution in [0.15, 0.2) is 60.7 Å². The number of benzene rings is 2. The van der Waals surface area contributed by atoms with Gasteiger partial charge < -0.3 is 24.9 Å². The van der Waals surface area contributed by atoms with Gasteiger partial charge in [0.15, 0.2) is 0 Å². The third-order valence-electron chi connectivity index (χ3n) is 3.38. The number of nitrogens with one attached hydrogen (secondary N) is 2. The van der Waals surface area contributed by atoms with Crippen LogP contribution in [0.5, 0.6) is 0 Å². The summed E-state index contributed by atoms with van der Waals surface area (Å²) in [5.41, 5.74) is 1.24. The molecule has 0 aliphatic carbocycles. The van der Waals surface area contributed by atoms with Crippen LogP contribution in [-0.2, 0) is 27.7 Å². The van der Waals surface area contributed by atoms with Gasteiger partial charge in [-0.05, 0) is 29.5 Å². The maximum Gasteiger partial charge on any atom is 0.321 e. The van der Waals surface area contributed by atoms with Crippen molar-refractivity contribution in [2.24, 2.45) is 0 Å². The summed E-state index contributed by atoms with van der Waals surface area (Å²) in [6.07, 6.45) is 0. The lowest BCUT2D eigenvalue weighted by Crippen LogP contribution is -2.49. The lowest BCUT2D eigenvalue weighted by atomic mass is 10.2. The first-order valence-corrected chi connectivity index (χ1v) is 10.4. The molecule has 26 heavy (non-hydrogen) atoms. The van der Waals surface area contributed by atoms with E-state index in [1.807, 2.05) is 30.3 Å². The molecule has 2 rings (SSSR count). The SMILES string of the molecule is O=C(N[C@@H](COP(O)(O)=S)C(=O)NCc1ccccc1)c1ccccc1. The topological polar surface area (TPSA) is 108 Å². The zero-order valence-corrected chi connectivity index (χ0v) is 15.5. The van der Waals surface area contributed by atoms with Gasteiger partial charge in [-0.2, -0.15) is 0 Å². The van der Waals surface area contributed by atoms with E-state index < -0.39 is 31.2 Å². The van der Waals surface area contributed by atoms with Crippen molar-refractivity contribution >= 4 is 30.3 Å². The summed E-state index contributed by atoms with van der Waals surface area (Å²) in [5, 5.41) is 5.19. The van der Waals surface area contributed by atoms with Crippen molar-refractivity contribution in [3.8, 4) is 0 Å². The second-order valence-corrected chi connectivity index (χ2v) is 8.05. The highest BCUT2D eigenvalue weighted by Gasteiger charge is 2.24. The fourth-order valence-corrected chi connectivity index (χ4v) is 2.62. The zero-order valence-electron chi connectivity index (χ0n) is 13.7. The summed E-state index contributed by atoms with van der Waals surface area (Å²) >= 11 is 4.39. The Morgan fingerprint density at radius 3 is 2.19 bits per heavy atom. The van der Waals surface area contributed by atoms with Crippen molar-refractivity contribution in [3.05, 3.63) is 71.8 Å². The van der Waals surface area contributed by atoms with Crippen molar-refractivity contribution in [2.45, 2.75) is 12.6 Å². The molecule has 0 aromatic heterocycles. The van der Waals surface area contributed by atoms with E-state index in [-0.39, 0.29) is 6.54 Å². The quantitative estimate of drug-likeness (QED) is 0.503. The number of hydrogen-bond acceptors (Lipinski definition) is 4. The maximum absolute atomic E-state index is 12.4. The minimum atomic E-state index is -3.95. The van der Waals surface area contributed by atoms with Gasteiger partial charge >= 0.3 is 6.72 Å². The molecule has 0 saturated heterocycles. The highest BCUT2D eigenvalue weighted by Crippen LogP contribution is 2.36. The third kappa shape index (κ3) is 7.03. The first-order valence-electron chi connectivity index (χ1n) is 7.73. The molecule has 0 aliphatic rings. The van der Waals surface area contributed by atoms with Crippen LogP contribution in [-0.4, -0.2) is 34.2 Å². The summed E-state index contributed by atoms with van der Waals surface area (Å²) in [7, 11) is 0. The maximum atomic E-state index is 12.4. The molecule has 0 spiro atoms. The number of carbonyl (C=O) groups excluding carboxylic acids is 2. The summed E-state index contributed by atoms with van der Waals surface area (Å²) in [4.78, 5) is 43.1. The Hall–Kier alpha value is -2.09. The van der Waals surface area contributed by atoms with E-state index in [1.54, 1.807) is 30.3 Å². The molecule has 138 valence electrons. The molecular weight excluding hydrogens is 375 g/mol. The van der Waals surface area contributed by atoms with Gasteiger partial charge in [0.25, 0.3) is 5.91 Å². The number of rotatable bonds is 8. The Labute approximate surface area is 156 Å². The van der Waals surface area contributed by atoms with Gasteiger partial charge in [-0.3, -0.25) is 9.59 Å². The van der Waals surface area contributed by atoms with Gasteiger partial charge in [0.2, 0.25) is 5.91 Å². The monoisotopic (exact) mass is 394 g/mol. The standard InChI is InChI=1S/C17H19N2O5PS/c20-16(14-9-5-2-6-10-14)19-15(12-24-25(22,23)26)17(21)18-11-13-7-3-1-4-8-13/h1-10,15H,11-12H2,(H,18,21)(H,19,20)(H2,22,23,26)/t15-/m0/s1. The van der Waals surface area contributed by atoms with Crippen molar-refractivity contribution in [1.29, 1.82) is 0 Å². The largest absolute Gasteiger partial charge is 0.350 e. The smallest absolute Gasteiger partial charge is 0.321 e. The summed E-state index contributed by atoms with van der Waals surface area (Å²) < 4.78 is 4.76. The predicted octanol–water partition coefficient (Wildman–Crippen LogP) is 1.33. The molecule has 9 heteroatoms. The number of hydrogen-bond donors (Lipinski definition) is 4. The van der Waals surface area contributed by atoms with E-state index in [9.17, 15) is 19.4 Å². The number of carbonyl (C=O) groups is 2. The normalized spacial score (nSPS) is 12.2. The molecule has 2 amide bonds. The minimum Gasteiger partial charge on any atom is -0.350 e. The molecule has 2 aromatic carbocycles. The lowest BCUT2D eigenvalue weighted by molar-refractivity contribution is -0.123. The second kappa shape index (κ2) is 9.56. The molecule has 0 unspecified atom stereocenters. The van der Waals surface area contributed by atoms with E-state index in [0.29, 0.717) is 5.56 Å². The highest BCUT2D eigenvalue weighted by atomic mass is 32.5. The first-order chi connectivity index (χ1) is 12.3. The van der Waals surface area contributed by atoms with E-state index >= 15 is 0 Å². The fraction of sp³-hybridized carbons (Fsp3) is 0.176. The Bertz CT molecular complexity index is 782. The van der Waals surface area contributed by atoms with Gasteiger partial charge in [0, 0.05) is 12.1 Å². The average molecular weight is 394 g/mol. The molecule has 0 saturated carbocycles. The van der Waals surface area contributed by atoms with Gasteiger partial charge in [-0.25, -0.2) is 0 Å². The van der Waals surface area contributed by atoms with Crippen molar-refractivity contribution in [3.63, 3.8) is 0 Å². The van der Waals surface area contributed by atoms with E-state index in [0.717, 1.165) is 5.56 Å². The summed E-state index contributed by atoms with van der Waals surface area (Å²) in [6.45, 7) is -4.15. The molecule has 4 N–H and O–H groups in total. The van der Waals surface area contributed by atoms with Crippen molar-refractivity contribution < 1.29 is 23.9 Å². The van der Waals surface area contributed by atoms with Crippen LogP contribution in [0.25, 0.3) is 0 Å². The van der Waals surface area contributed by atoms with Gasteiger partial charge in [-0.1, -0.05) is 48.5 Å². The van der Waals surface area contributed by atoms with Gasteiger partial charge in [0.05, 0.1) is 6.61 Å².